The molecule has 0 spiro atoms. The highest BCUT2D eigenvalue weighted by atomic mass is 35.5. The smallest absolute Gasteiger partial charge is 0.217 e. The average molecular weight is 381 g/mol. The molecule has 0 radical (unpaired) electrons. The number of carbonyl (C=O) groups is 1. The fourth-order valence-electron chi connectivity index (χ4n) is 2.45. The van der Waals surface area contributed by atoms with Gasteiger partial charge in [-0.15, -0.1) is 10.2 Å². The highest BCUT2D eigenvalue weighted by Crippen LogP contribution is 2.39. The lowest BCUT2D eigenvalue weighted by Crippen LogP contribution is -2.13. The molecule has 1 aliphatic carbocycles. The number of nitrogens with zero attached hydrogens (tertiary/aromatic N) is 3. The maximum absolute atomic E-state index is 11.0. The summed E-state index contributed by atoms with van der Waals surface area (Å²) < 4.78 is 7.87. The zero-order chi connectivity index (χ0) is 17.6. The van der Waals surface area contributed by atoms with Crippen molar-refractivity contribution in [2.45, 2.75) is 43.3 Å². The van der Waals surface area contributed by atoms with Gasteiger partial charge in [-0.1, -0.05) is 23.4 Å². The zero-order valence-corrected chi connectivity index (χ0v) is 15.4. The van der Waals surface area contributed by atoms with Gasteiger partial charge in [0.2, 0.25) is 5.91 Å². The van der Waals surface area contributed by atoms with E-state index >= 15 is 0 Å². The lowest BCUT2D eigenvalue weighted by Gasteiger charge is -2.09. The van der Waals surface area contributed by atoms with Crippen LogP contribution in [-0.4, -0.2) is 33.0 Å². The molecule has 134 valence electrons. The Balaban J connectivity index is 1.46. The first-order chi connectivity index (χ1) is 12.1. The molecule has 25 heavy (non-hydrogen) atoms. The maximum Gasteiger partial charge on any atom is 0.217 e. The molecule has 1 aromatic heterocycles. The van der Waals surface area contributed by atoms with Crippen LogP contribution in [0.2, 0.25) is 5.02 Å². The quantitative estimate of drug-likeness (QED) is 0.505. The minimum absolute atomic E-state index is 0.307. The van der Waals surface area contributed by atoms with Crippen molar-refractivity contribution in [2.75, 3.05) is 12.4 Å². The van der Waals surface area contributed by atoms with Gasteiger partial charge in [0.1, 0.15) is 11.6 Å². The lowest BCUT2D eigenvalue weighted by atomic mass is 10.3. The summed E-state index contributed by atoms with van der Waals surface area (Å²) in [4.78, 5) is 11.0. The van der Waals surface area contributed by atoms with Gasteiger partial charge in [-0.05, 0) is 43.5 Å². The van der Waals surface area contributed by atoms with Gasteiger partial charge in [-0.25, -0.2) is 0 Å². The number of halogens is 1. The van der Waals surface area contributed by atoms with Crippen LogP contribution in [0.4, 0.5) is 0 Å². The van der Waals surface area contributed by atoms with Crippen LogP contribution >= 0.6 is 23.4 Å². The Labute approximate surface area is 156 Å². The molecular weight excluding hydrogens is 360 g/mol. The molecule has 1 aliphatic rings. The summed E-state index contributed by atoms with van der Waals surface area (Å²) in [6.07, 6.45) is 4.06. The first-order valence-electron chi connectivity index (χ1n) is 8.36. The number of hydrogen-bond acceptors (Lipinski definition) is 5. The van der Waals surface area contributed by atoms with E-state index in [0.29, 0.717) is 30.5 Å². The van der Waals surface area contributed by atoms with Crippen LogP contribution in [0, 0.1) is 0 Å². The van der Waals surface area contributed by atoms with Crippen molar-refractivity contribution in [3.05, 3.63) is 35.1 Å². The van der Waals surface area contributed by atoms with Gasteiger partial charge in [0.05, 0.1) is 6.61 Å². The second-order valence-electron chi connectivity index (χ2n) is 5.97. The molecule has 0 aliphatic heterocycles. The zero-order valence-electron chi connectivity index (χ0n) is 13.9. The Hall–Kier alpha value is -1.73. The van der Waals surface area contributed by atoms with Crippen LogP contribution in [0.15, 0.2) is 29.4 Å². The van der Waals surface area contributed by atoms with Gasteiger partial charge in [-0.2, -0.15) is 0 Å². The van der Waals surface area contributed by atoms with E-state index in [1.54, 1.807) is 11.8 Å². The molecule has 1 saturated carbocycles. The molecule has 2 N–H and O–H groups in total. The summed E-state index contributed by atoms with van der Waals surface area (Å²) in [6, 6.07) is 7.84. The predicted molar refractivity (Wildman–Crippen MR) is 98.1 cm³/mol. The van der Waals surface area contributed by atoms with Crippen molar-refractivity contribution < 1.29 is 9.53 Å². The fraction of sp³-hybridized carbons (Fsp3) is 0.471. The molecule has 0 saturated heterocycles. The van der Waals surface area contributed by atoms with E-state index in [2.05, 4.69) is 14.8 Å². The van der Waals surface area contributed by atoms with Crippen molar-refractivity contribution in [1.82, 2.24) is 14.8 Å². The highest BCUT2D eigenvalue weighted by molar-refractivity contribution is 7.99. The number of amides is 1. The van der Waals surface area contributed by atoms with Crippen LogP contribution in [0.1, 0.15) is 37.5 Å². The van der Waals surface area contributed by atoms with Gasteiger partial charge in [-0.3, -0.25) is 4.79 Å². The van der Waals surface area contributed by atoms with Crippen molar-refractivity contribution in [3.8, 4) is 5.75 Å². The van der Waals surface area contributed by atoms with Crippen molar-refractivity contribution in [2.24, 2.45) is 5.73 Å². The number of aryl methyl sites for hydroxylation is 1. The number of carbonyl (C=O) groups excluding carboxylic acids is 1. The Morgan fingerprint density at radius 1 is 1.32 bits per heavy atom. The number of rotatable bonds is 10. The number of ether oxygens (including phenoxy) is 1. The number of benzene rings is 1. The molecule has 2 aromatic rings. The molecule has 0 unspecified atom stereocenters. The summed E-state index contributed by atoms with van der Waals surface area (Å²) >= 11 is 7.53. The highest BCUT2D eigenvalue weighted by Gasteiger charge is 2.29. The minimum Gasteiger partial charge on any atom is -0.494 e. The molecular formula is C17H21ClN4O2S. The molecule has 1 fully saturated rings. The molecule has 3 rings (SSSR count). The Morgan fingerprint density at radius 2 is 2.08 bits per heavy atom. The second kappa shape index (κ2) is 8.58. The van der Waals surface area contributed by atoms with Crippen LogP contribution in [-0.2, 0) is 11.2 Å². The largest absolute Gasteiger partial charge is 0.494 e. The van der Waals surface area contributed by atoms with Crippen molar-refractivity contribution in [3.63, 3.8) is 0 Å². The predicted octanol–water partition coefficient (Wildman–Crippen LogP) is 3.25. The molecule has 0 atom stereocenters. The third kappa shape index (κ3) is 5.37. The standard InChI is InChI=1S/C17H21ClN4O2S/c18-12-2-6-14(7-3-12)24-10-1-11-25-17-21-20-16(9-8-15(19)23)22(17)13-4-5-13/h2-3,6-7,13H,1,4-5,8-11H2,(H2,19,23). The van der Waals surface area contributed by atoms with Crippen LogP contribution < -0.4 is 10.5 Å². The van der Waals surface area contributed by atoms with E-state index < -0.39 is 0 Å². The van der Waals surface area contributed by atoms with Crippen molar-refractivity contribution in [1.29, 1.82) is 0 Å². The summed E-state index contributed by atoms with van der Waals surface area (Å²) in [5.74, 6) is 2.28. The van der Waals surface area contributed by atoms with Gasteiger partial charge in [0, 0.05) is 29.7 Å². The summed E-state index contributed by atoms with van der Waals surface area (Å²) in [5, 5.41) is 10.2. The number of hydrogen-bond donors (Lipinski definition) is 1. The Bertz CT molecular complexity index is 716. The topological polar surface area (TPSA) is 83.0 Å². The van der Waals surface area contributed by atoms with Crippen LogP contribution in [0.25, 0.3) is 0 Å². The van der Waals surface area contributed by atoms with E-state index in [4.69, 9.17) is 22.1 Å². The molecule has 1 aromatic carbocycles. The van der Waals surface area contributed by atoms with E-state index in [9.17, 15) is 4.79 Å². The third-order valence-electron chi connectivity index (χ3n) is 3.84. The Kier molecular flexibility index (Phi) is 6.20. The molecule has 0 bridgehead atoms. The van der Waals surface area contributed by atoms with E-state index in [1.165, 1.54) is 0 Å². The molecule has 8 heteroatoms. The first-order valence-corrected chi connectivity index (χ1v) is 9.73. The SMILES string of the molecule is NC(=O)CCc1nnc(SCCCOc2ccc(Cl)cc2)n1C1CC1. The number of aromatic nitrogens is 3. The molecule has 1 amide bonds. The van der Waals surface area contributed by atoms with Crippen molar-refractivity contribution >= 4 is 29.3 Å². The molecule has 6 nitrogen and oxygen atoms in total. The number of primary amides is 1. The molecule has 1 heterocycles. The third-order valence-corrected chi connectivity index (χ3v) is 5.13. The first kappa shape index (κ1) is 18.1. The Morgan fingerprint density at radius 3 is 2.76 bits per heavy atom. The normalized spacial score (nSPS) is 13.8. The van der Waals surface area contributed by atoms with E-state index in [1.807, 2.05) is 24.3 Å². The van der Waals surface area contributed by atoms with Gasteiger partial charge in [0.15, 0.2) is 5.16 Å². The summed E-state index contributed by atoms with van der Waals surface area (Å²) in [7, 11) is 0. The van der Waals surface area contributed by atoms with Gasteiger partial charge < -0.3 is 15.0 Å². The second-order valence-corrected chi connectivity index (χ2v) is 7.47. The van der Waals surface area contributed by atoms with Gasteiger partial charge >= 0.3 is 0 Å². The summed E-state index contributed by atoms with van der Waals surface area (Å²) in [5.41, 5.74) is 5.24. The monoisotopic (exact) mass is 380 g/mol. The number of thioether (sulfide) groups is 1. The fourth-order valence-corrected chi connectivity index (χ4v) is 3.52. The van der Waals surface area contributed by atoms with E-state index in [0.717, 1.165) is 41.7 Å². The lowest BCUT2D eigenvalue weighted by molar-refractivity contribution is -0.118. The van der Waals surface area contributed by atoms with Gasteiger partial charge in [0.25, 0.3) is 0 Å². The van der Waals surface area contributed by atoms with Crippen LogP contribution in [0.3, 0.4) is 0 Å². The summed E-state index contributed by atoms with van der Waals surface area (Å²) in [6.45, 7) is 0.640. The average Bonchev–Trinajstić information content (AvgIpc) is 3.35. The maximum atomic E-state index is 11.0. The van der Waals surface area contributed by atoms with Crippen LogP contribution in [0.5, 0.6) is 5.75 Å². The minimum atomic E-state index is -0.307. The number of nitrogens with two attached hydrogens (primary N) is 1. The van der Waals surface area contributed by atoms with E-state index in [-0.39, 0.29) is 5.91 Å².